The number of rotatable bonds is 4. The quantitative estimate of drug-likeness (QED) is 0.840. The first-order chi connectivity index (χ1) is 12.8. The van der Waals surface area contributed by atoms with Crippen LogP contribution in [-0.2, 0) is 4.74 Å². The minimum absolute atomic E-state index is 0.0234. The van der Waals surface area contributed by atoms with Crippen LogP contribution in [0.1, 0.15) is 53.1 Å². The molecule has 6 heteroatoms. The van der Waals surface area contributed by atoms with Gasteiger partial charge in [0, 0.05) is 0 Å². The van der Waals surface area contributed by atoms with E-state index in [1.165, 1.54) is 4.90 Å². The average molecular weight is 366 g/mol. The molecule has 2 aromatic rings. The maximum atomic E-state index is 12.6. The zero-order valence-corrected chi connectivity index (χ0v) is 15.6. The first-order valence-electron chi connectivity index (χ1n) is 8.76. The minimum Gasteiger partial charge on any atom is -0.444 e. The van der Waals surface area contributed by atoms with Crippen molar-refractivity contribution in [2.75, 3.05) is 6.54 Å². The fourth-order valence-electron chi connectivity index (χ4n) is 2.96. The Hall–Kier alpha value is -3.15. The summed E-state index contributed by atoms with van der Waals surface area (Å²) in [6, 6.07) is 15.3. The van der Waals surface area contributed by atoms with Crippen LogP contribution in [0.4, 0.5) is 4.79 Å². The molecule has 0 fully saturated rings. The number of carbonyl (C=O) groups is 3. The molecule has 1 N–H and O–H groups in total. The van der Waals surface area contributed by atoms with Crippen LogP contribution in [0, 0.1) is 0 Å². The van der Waals surface area contributed by atoms with Crippen LogP contribution in [-0.4, -0.2) is 35.0 Å². The first-order valence-corrected chi connectivity index (χ1v) is 8.76. The van der Waals surface area contributed by atoms with Gasteiger partial charge in [-0.1, -0.05) is 42.5 Å². The Bertz CT molecular complexity index is 836. The van der Waals surface area contributed by atoms with Crippen molar-refractivity contribution in [2.45, 2.75) is 32.4 Å². The van der Waals surface area contributed by atoms with E-state index in [1.54, 1.807) is 45.0 Å². The van der Waals surface area contributed by atoms with Gasteiger partial charge < -0.3 is 10.1 Å². The molecule has 3 rings (SSSR count). The third-order valence-corrected chi connectivity index (χ3v) is 4.14. The Morgan fingerprint density at radius 3 is 2.00 bits per heavy atom. The molecule has 3 amide bonds. The zero-order valence-electron chi connectivity index (χ0n) is 15.6. The number of amides is 3. The van der Waals surface area contributed by atoms with Gasteiger partial charge in [0.15, 0.2) is 0 Å². The van der Waals surface area contributed by atoms with E-state index in [9.17, 15) is 14.4 Å². The van der Waals surface area contributed by atoms with Crippen LogP contribution in [0.15, 0.2) is 54.6 Å². The molecule has 2 aromatic carbocycles. The molecule has 1 aliphatic rings. The van der Waals surface area contributed by atoms with Gasteiger partial charge in [0.05, 0.1) is 23.7 Å². The lowest BCUT2D eigenvalue weighted by Gasteiger charge is -2.26. The van der Waals surface area contributed by atoms with Crippen molar-refractivity contribution in [3.63, 3.8) is 0 Å². The van der Waals surface area contributed by atoms with Gasteiger partial charge >= 0.3 is 6.09 Å². The van der Waals surface area contributed by atoms with Crippen molar-refractivity contribution in [1.29, 1.82) is 0 Å². The SMILES string of the molecule is CC(C)(C)OC(=O)N[C@H](CN1C(=O)c2ccccc2C1=O)c1ccccc1. The molecule has 0 aliphatic carbocycles. The van der Waals surface area contributed by atoms with Gasteiger partial charge in [-0.2, -0.15) is 0 Å². The number of alkyl carbamates (subject to hydrolysis) is 1. The third kappa shape index (κ3) is 4.16. The van der Waals surface area contributed by atoms with Gasteiger partial charge in [-0.25, -0.2) is 4.79 Å². The van der Waals surface area contributed by atoms with Gasteiger partial charge in [0.2, 0.25) is 0 Å². The molecule has 1 aliphatic heterocycles. The Kier molecular flexibility index (Phi) is 4.99. The number of hydrogen-bond donors (Lipinski definition) is 1. The number of nitrogens with one attached hydrogen (secondary N) is 1. The summed E-state index contributed by atoms with van der Waals surface area (Å²) in [6.07, 6.45) is -0.604. The zero-order chi connectivity index (χ0) is 19.6. The van der Waals surface area contributed by atoms with E-state index < -0.39 is 17.7 Å². The molecular formula is C21H22N2O4. The molecule has 0 saturated carbocycles. The molecule has 1 heterocycles. The number of fused-ring (bicyclic) bond motifs is 1. The Labute approximate surface area is 158 Å². The fourth-order valence-corrected chi connectivity index (χ4v) is 2.96. The number of imide groups is 1. The van der Waals surface area contributed by atoms with Crippen LogP contribution in [0.5, 0.6) is 0 Å². The van der Waals surface area contributed by atoms with E-state index in [-0.39, 0.29) is 18.4 Å². The van der Waals surface area contributed by atoms with Gasteiger partial charge in [0.25, 0.3) is 11.8 Å². The van der Waals surface area contributed by atoms with Crippen molar-refractivity contribution >= 4 is 17.9 Å². The molecule has 0 bridgehead atoms. The number of benzene rings is 2. The van der Waals surface area contributed by atoms with Gasteiger partial charge in [-0.15, -0.1) is 0 Å². The summed E-state index contributed by atoms with van der Waals surface area (Å²) in [4.78, 5) is 38.7. The molecule has 140 valence electrons. The second-order valence-corrected chi connectivity index (χ2v) is 7.38. The van der Waals surface area contributed by atoms with Crippen molar-refractivity contribution in [3.8, 4) is 0 Å². The van der Waals surface area contributed by atoms with E-state index in [2.05, 4.69) is 5.32 Å². The van der Waals surface area contributed by atoms with Crippen molar-refractivity contribution in [2.24, 2.45) is 0 Å². The summed E-state index contributed by atoms with van der Waals surface area (Å²) in [5, 5.41) is 2.78. The average Bonchev–Trinajstić information content (AvgIpc) is 2.85. The lowest BCUT2D eigenvalue weighted by molar-refractivity contribution is 0.0467. The lowest BCUT2D eigenvalue weighted by atomic mass is 10.1. The minimum atomic E-state index is -0.652. The molecule has 0 spiro atoms. The van der Waals surface area contributed by atoms with Gasteiger partial charge in [-0.3, -0.25) is 14.5 Å². The smallest absolute Gasteiger partial charge is 0.408 e. The van der Waals surface area contributed by atoms with Crippen LogP contribution < -0.4 is 5.32 Å². The highest BCUT2D eigenvalue weighted by molar-refractivity contribution is 6.21. The summed E-state index contributed by atoms with van der Waals surface area (Å²) in [6.45, 7) is 5.34. The summed E-state index contributed by atoms with van der Waals surface area (Å²) >= 11 is 0. The maximum absolute atomic E-state index is 12.6. The highest BCUT2D eigenvalue weighted by atomic mass is 16.6. The molecule has 0 aromatic heterocycles. The van der Waals surface area contributed by atoms with Crippen molar-refractivity contribution in [3.05, 3.63) is 71.3 Å². The number of hydrogen-bond acceptors (Lipinski definition) is 4. The van der Waals surface area contributed by atoms with E-state index in [1.807, 2.05) is 30.3 Å². The molecule has 0 unspecified atom stereocenters. The second kappa shape index (κ2) is 7.23. The Balaban J connectivity index is 1.83. The van der Waals surface area contributed by atoms with E-state index in [4.69, 9.17) is 4.74 Å². The first kappa shape index (κ1) is 18.6. The summed E-state index contributed by atoms with van der Waals surface area (Å²) < 4.78 is 5.33. The largest absolute Gasteiger partial charge is 0.444 e. The summed E-state index contributed by atoms with van der Waals surface area (Å²) in [5.74, 6) is -0.718. The molecule has 1 atom stereocenters. The molecule has 27 heavy (non-hydrogen) atoms. The predicted molar refractivity (Wildman–Crippen MR) is 100 cm³/mol. The number of ether oxygens (including phenoxy) is 1. The van der Waals surface area contributed by atoms with Gasteiger partial charge in [-0.05, 0) is 38.5 Å². The standard InChI is InChI=1S/C21H22N2O4/c1-21(2,3)27-20(26)22-17(14-9-5-4-6-10-14)13-23-18(24)15-11-7-8-12-16(15)19(23)25/h4-12,17H,13H2,1-3H3,(H,22,26)/t17-/m1/s1. The van der Waals surface area contributed by atoms with E-state index in [0.29, 0.717) is 11.1 Å². The second-order valence-electron chi connectivity index (χ2n) is 7.38. The highest BCUT2D eigenvalue weighted by Gasteiger charge is 2.37. The Morgan fingerprint density at radius 2 is 1.48 bits per heavy atom. The van der Waals surface area contributed by atoms with E-state index in [0.717, 1.165) is 5.56 Å². The Morgan fingerprint density at radius 1 is 0.963 bits per heavy atom. The monoisotopic (exact) mass is 366 g/mol. The fraction of sp³-hybridized carbons (Fsp3) is 0.286. The molecule has 0 saturated heterocycles. The van der Waals surface area contributed by atoms with Crippen LogP contribution in [0.2, 0.25) is 0 Å². The molecular weight excluding hydrogens is 344 g/mol. The summed E-state index contributed by atoms with van der Waals surface area (Å²) in [5.41, 5.74) is 0.888. The van der Waals surface area contributed by atoms with Crippen LogP contribution in [0.25, 0.3) is 0 Å². The lowest BCUT2D eigenvalue weighted by Crippen LogP contribution is -2.42. The van der Waals surface area contributed by atoms with Crippen LogP contribution >= 0.6 is 0 Å². The van der Waals surface area contributed by atoms with Gasteiger partial charge in [0.1, 0.15) is 5.60 Å². The topological polar surface area (TPSA) is 75.7 Å². The van der Waals surface area contributed by atoms with Crippen LogP contribution in [0.3, 0.4) is 0 Å². The van der Waals surface area contributed by atoms with Crippen molar-refractivity contribution < 1.29 is 19.1 Å². The predicted octanol–water partition coefficient (Wildman–Crippen LogP) is 3.55. The highest BCUT2D eigenvalue weighted by Crippen LogP contribution is 2.25. The number of carbonyl (C=O) groups excluding carboxylic acids is 3. The summed E-state index contributed by atoms with van der Waals surface area (Å²) in [7, 11) is 0. The third-order valence-electron chi connectivity index (χ3n) is 4.14. The normalized spacial score (nSPS) is 14.7. The maximum Gasteiger partial charge on any atom is 0.408 e. The van der Waals surface area contributed by atoms with E-state index >= 15 is 0 Å². The molecule has 6 nitrogen and oxygen atoms in total. The molecule has 0 radical (unpaired) electrons. The number of nitrogens with zero attached hydrogens (tertiary/aromatic N) is 1. The van der Waals surface area contributed by atoms with Crippen molar-refractivity contribution in [1.82, 2.24) is 10.2 Å².